The molecule has 27 heavy (non-hydrogen) atoms. The van der Waals surface area contributed by atoms with E-state index in [1.165, 1.54) is 42.1 Å². The third-order valence-corrected chi connectivity index (χ3v) is 5.11. The molecule has 2 heterocycles. The second kappa shape index (κ2) is 7.72. The Hall–Kier alpha value is -2.98. The Morgan fingerprint density at radius 2 is 2.11 bits per heavy atom. The molecule has 0 spiro atoms. The smallest absolute Gasteiger partial charge is 0.331 e. The van der Waals surface area contributed by atoms with Gasteiger partial charge in [0.2, 0.25) is 0 Å². The highest BCUT2D eigenvalue weighted by molar-refractivity contribution is 8.26. The maximum atomic E-state index is 12.1. The number of hydrogen-bond donors (Lipinski definition) is 0. The second-order valence-corrected chi connectivity index (χ2v) is 7.01. The lowest BCUT2D eigenvalue weighted by Gasteiger charge is -2.10. The fourth-order valence-electron chi connectivity index (χ4n) is 2.26. The van der Waals surface area contributed by atoms with Crippen LogP contribution in [0.5, 0.6) is 17.4 Å². The third kappa shape index (κ3) is 3.91. The number of aromatic nitrogens is 1. The largest absolute Gasteiger partial charge is 0.493 e. The van der Waals surface area contributed by atoms with E-state index < -0.39 is 4.92 Å². The molecule has 0 saturated carbocycles. The normalized spacial score (nSPS) is 15.3. The summed E-state index contributed by atoms with van der Waals surface area (Å²) in [5.41, 5.74) is 0.443. The summed E-state index contributed by atoms with van der Waals surface area (Å²) in [4.78, 5) is 28.4. The van der Waals surface area contributed by atoms with Crippen molar-refractivity contribution >= 4 is 46.0 Å². The molecule has 3 rings (SSSR count). The number of ether oxygens (including phenoxy) is 2. The van der Waals surface area contributed by atoms with E-state index in [-0.39, 0.29) is 23.2 Å². The van der Waals surface area contributed by atoms with Gasteiger partial charge in [-0.3, -0.25) is 19.8 Å². The SMILES string of the molecule is COc1cc(C=C2SC(=S)N(C)C2=O)ccc1Oc1ncccc1[N+](=O)[O-]. The fourth-order valence-corrected chi connectivity index (χ4v) is 3.44. The number of nitrogens with zero attached hydrogens (tertiary/aromatic N) is 3. The highest BCUT2D eigenvalue weighted by atomic mass is 32.2. The molecule has 0 unspecified atom stereocenters. The Balaban J connectivity index is 1.91. The first-order valence-corrected chi connectivity index (χ1v) is 8.80. The number of carbonyl (C=O) groups excluding carboxylic acids is 1. The number of pyridine rings is 1. The van der Waals surface area contributed by atoms with Gasteiger partial charge in [0.15, 0.2) is 11.5 Å². The molecule has 1 aliphatic heterocycles. The van der Waals surface area contributed by atoms with E-state index in [4.69, 9.17) is 21.7 Å². The van der Waals surface area contributed by atoms with Gasteiger partial charge >= 0.3 is 5.69 Å². The minimum Gasteiger partial charge on any atom is -0.493 e. The maximum absolute atomic E-state index is 12.1. The van der Waals surface area contributed by atoms with E-state index in [2.05, 4.69) is 4.98 Å². The van der Waals surface area contributed by atoms with Crippen molar-refractivity contribution in [3.8, 4) is 17.4 Å². The lowest BCUT2D eigenvalue weighted by Crippen LogP contribution is -2.22. The number of amides is 1. The average molecular weight is 403 g/mol. The van der Waals surface area contributed by atoms with Crippen LogP contribution < -0.4 is 9.47 Å². The van der Waals surface area contributed by atoms with E-state index in [1.807, 2.05) is 0 Å². The lowest BCUT2D eigenvalue weighted by molar-refractivity contribution is -0.386. The summed E-state index contributed by atoms with van der Waals surface area (Å²) in [6, 6.07) is 7.71. The van der Waals surface area contributed by atoms with Crippen LogP contribution in [0.15, 0.2) is 41.4 Å². The number of likely N-dealkylation sites (N-methyl/N-ethyl adjacent to an activating group) is 1. The zero-order valence-corrected chi connectivity index (χ0v) is 15.9. The number of carbonyl (C=O) groups is 1. The van der Waals surface area contributed by atoms with Crippen molar-refractivity contribution in [3.63, 3.8) is 0 Å². The van der Waals surface area contributed by atoms with Gasteiger partial charge in [-0.2, -0.15) is 0 Å². The van der Waals surface area contributed by atoms with Crippen molar-refractivity contribution in [3.05, 3.63) is 57.1 Å². The van der Waals surface area contributed by atoms with Gasteiger partial charge in [0.1, 0.15) is 4.32 Å². The summed E-state index contributed by atoms with van der Waals surface area (Å²) in [6.07, 6.45) is 3.09. The van der Waals surface area contributed by atoms with Crippen molar-refractivity contribution in [2.24, 2.45) is 0 Å². The highest BCUT2D eigenvalue weighted by Crippen LogP contribution is 2.37. The lowest BCUT2D eigenvalue weighted by atomic mass is 10.2. The van der Waals surface area contributed by atoms with E-state index in [1.54, 1.807) is 31.3 Å². The molecule has 1 fully saturated rings. The molecule has 0 aliphatic carbocycles. The minimum atomic E-state index is -0.573. The summed E-state index contributed by atoms with van der Waals surface area (Å²) < 4.78 is 11.4. The van der Waals surface area contributed by atoms with E-state index >= 15 is 0 Å². The maximum Gasteiger partial charge on any atom is 0.331 e. The number of thioether (sulfide) groups is 1. The Morgan fingerprint density at radius 3 is 2.74 bits per heavy atom. The fraction of sp³-hybridized carbons (Fsp3) is 0.118. The number of rotatable bonds is 5. The molecule has 1 amide bonds. The third-order valence-electron chi connectivity index (χ3n) is 3.63. The first-order valence-electron chi connectivity index (χ1n) is 7.57. The van der Waals surface area contributed by atoms with Crippen LogP contribution in [0, 0.1) is 10.1 Å². The molecule has 138 valence electrons. The predicted molar refractivity (Wildman–Crippen MR) is 105 cm³/mol. The quantitative estimate of drug-likeness (QED) is 0.323. The molecule has 0 radical (unpaired) electrons. The van der Waals surface area contributed by atoms with Crippen LogP contribution in [0.3, 0.4) is 0 Å². The zero-order chi connectivity index (χ0) is 19.6. The van der Waals surface area contributed by atoms with Crippen molar-refractivity contribution in [1.29, 1.82) is 0 Å². The molecular formula is C17H13N3O5S2. The summed E-state index contributed by atoms with van der Waals surface area (Å²) in [5.74, 6) is 0.295. The summed E-state index contributed by atoms with van der Waals surface area (Å²) in [5, 5.41) is 11.1. The van der Waals surface area contributed by atoms with Gasteiger partial charge in [-0.1, -0.05) is 30.0 Å². The number of nitro groups is 1. The Labute approximate surface area is 163 Å². The number of hydrogen-bond acceptors (Lipinski definition) is 8. The number of methoxy groups -OCH3 is 1. The van der Waals surface area contributed by atoms with Crippen LogP contribution in [0.2, 0.25) is 0 Å². The first kappa shape index (κ1) is 18.8. The number of thiocarbonyl (C=S) groups is 1. The molecule has 0 bridgehead atoms. The molecule has 10 heteroatoms. The monoisotopic (exact) mass is 403 g/mol. The van der Waals surface area contributed by atoms with Crippen molar-refractivity contribution in [2.75, 3.05) is 14.2 Å². The summed E-state index contributed by atoms with van der Waals surface area (Å²) in [7, 11) is 3.07. The Morgan fingerprint density at radius 1 is 1.33 bits per heavy atom. The minimum absolute atomic E-state index is 0.139. The van der Waals surface area contributed by atoms with Gasteiger partial charge < -0.3 is 9.47 Å². The second-order valence-electron chi connectivity index (χ2n) is 5.34. The van der Waals surface area contributed by atoms with Crippen molar-refractivity contribution in [1.82, 2.24) is 9.88 Å². The highest BCUT2D eigenvalue weighted by Gasteiger charge is 2.28. The summed E-state index contributed by atoms with van der Waals surface area (Å²) >= 11 is 6.32. The predicted octanol–water partition coefficient (Wildman–Crippen LogP) is 3.62. The van der Waals surface area contributed by atoms with Crippen LogP contribution in [0.1, 0.15) is 5.56 Å². The molecule has 1 aliphatic rings. The summed E-state index contributed by atoms with van der Waals surface area (Å²) in [6.45, 7) is 0. The number of benzene rings is 1. The Kier molecular flexibility index (Phi) is 5.38. The van der Waals surface area contributed by atoms with Crippen molar-refractivity contribution < 1.29 is 19.2 Å². The molecular weight excluding hydrogens is 390 g/mol. The standard InChI is InChI=1S/C17H13N3O5S2/c1-19-16(21)14(27-17(19)26)9-10-5-6-12(13(8-10)24-2)25-15-11(20(22)23)4-3-7-18-15/h3-9H,1-2H3. The molecule has 0 N–H and O–H groups in total. The van der Waals surface area contributed by atoms with Crippen LogP contribution in [-0.2, 0) is 4.79 Å². The average Bonchev–Trinajstić information content (AvgIpc) is 2.90. The molecule has 1 aromatic heterocycles. The molecule has 8 nitrogen and oxygen atoms in total. The van der Waals surface area contributed by atoms with Crippen LogP contribution in [0.25, 0.3) is 6.08 Å². The van der Waals surface area contributed by atoms with Crippen molar-refractivity contribution in [2.45, 2.75) is 0 Å². The molecule has 1 aromatic carbocycles. The van der Waals surface area contributed by atoms with Crippen LogP contribution >= 0.6 is 24.0 Å². The molecule has 1 saturated heterocycles. The van der Waals surface area contributed by atoms with E-state index in [0.29, 0.717) is 20.5 Å². The van der Waals surface area contributed by atoms with E-state index in [0.717, 1.165) is 0 Å². The van der Waals surface area contributed by atoms with Gasteiger partial charge in [0, 0.05) is 19.3 Å². The molecule has 0 atom stereocenters. The van der Waals surface area contributed by atoms with Crippen LogP contribution in [-0.4, -0.2) is 39.2 Å². The Bertz CT molecular complexity index is 977. The van der Waals surface area contributed by atoms with Gasteiger partial charge in [0.25, 0.3) is 11.8 Å². The molecule has 2 aromatic rings. The first-order chi connectivity index (χ1) is 12.9. The van der Waals surface area contributed by atoms with Gasteiger partial charge in [-0.05, 0) is 29.8 Å². The van der Waals surface area contributed by atoms with Crippen LogP contribution in [0.4, 0.5) is 5.69 Å². The van der Waals surface area contributed by atoms with Gasteiger partial charge in [-0.25, -0.2) is 4.98 Å². The topological polar surface area (TPSA) is 94.8 Å². The van der Waals surface area contributed by atoms with Gasteiger partial charge in [0.05, 0.1) is 16.9 Å². The zero-order valence-electron chi connectivity index (χ0n) is 14.2. The van der Waals surface area contributed by atoms with Gasteiger partial charge in [-0.15, -0.1) is 0 Å². The van der Waals surface area contributed by atoms with E-state index in [9.17, 15) is 14.9 Å².